The molecule has 160 valence electrons. The lowest BCUT2D eigenvalue weighted by Gasteiger charge is -2.14. The molecule has 1 unspecified atom stereocenters. The van der Waals surface area contributed by atoms with Crippen LogP contribution in [0.1, 0.15) is 82.1 Å². The maximum absolute atomic E-state index is 11.7. The summed E-state index contributed by atoms with van der Waals surface area (Å²) in [7, 11) is 0. The van der Waals surface area contributed by atoms with Gasteiger partial charge in [-0.1, -0.05) is 29.9 Å². The Hall–Kier alpha value is -2.75. The van der Waals surface area contributed by atoms with Crippen molar-refractivity contribution in [3.05, 3.63) is 64.4 Å². The van der Waals surface area contributed by atoms with Crippen LogP contribution in [0.3, 0.4) is 0 Å². The van der Waals surface area contributed by atoms with E-state index < -0.39 is 5.97 Å². The average molecular weight is 408 g/mol. The fraction of sp³-hybridized carbons (Fsp3) is 0.423. The number of aromatic carboxylic acids is 1. The van der Waals surface area contributed by atoms with Crippen LogP contribution in [0.4, 0.5) is 0 Å². The fourth-order valence-electron chi connectivity index (χ4n) is 3.84. The van der Waals surface area contributed by atoms with Crippen LogP contribution in [0.5, 0.6) is 0 Å². The van der Waals surface area contributed by atoms with Crippen molar-refractivity contribution in [3.63, 3.8) is 0 Å². The van der Waals surface area contributed by atoms with Gasteiger partial charge in [-0.15, -0.1) is 0 Å². The molecule has 0 heterocycles. The van der Waals surface area contributed by atoms with Crippen molar-refractivity contribution in [1.29, 1.82) is 0 Å². The van der Waals surface area contributed by atoms with E-state index in [-0.39, 0.29) is 5.78 Å². The number of hydrogen-bond acceptors (Lipinski definition) is 3. The summed E-state index contributed by atoms with van der Waals surface area (Å²) in [5, 5.41) is 9.03. The Morgan fingerprint density at radius 3 is 2.40 bits per heavy atom. The highest BCUT2D eigenvalue weighted by atomic mass is 16.4. The van der Waals surface area contributed by atoms with Gasteiger partial charge in [0.1, 0.15) is 0 Å². The minimum Gasteiger partial charge on any atom is -0.478 e. The van der Waals surface area contributed by atoms with E-state index in [2.05, 4.69) is 13.0 Å². The van der Waals surface area contributed by atoms with Gasteiger partial charge in [0.05, 0.1) is 11.3 Å². The topological polar surface area (TPSA) is 66.7 Å². The Bertz CT molecular complexity index is 885. The van der Waals surface area contributed by atoms with E-state index in [1.54, 1.807) is 19.1 Å². The van der Waals surface area contributed by atoms with Crippen molar-refractivity contribution in [1.82, 2.24) is 0 Å². The molecule has 0 bridgehead atoms. The number of carbonyl (C=O) groups is 2. The van der Waals surface area contributed by atoms with Gasteiger partial charge in [-0.25, -0.2) is 4.79 Å². The average Bonchev–Trinajstić information content (AvgIpc) is 2.92. The van der Waals surface area contributed by atoms with Crippen LogP contribution in [0, 0.1) is 5.92 Å². The molecule has 0 aliphatic heterocycles. The molecule has 1 aromatic rings. The molecule has 1 N–H and O–H groups in total. The van der Waals surface area contributed by atoms with Crippen molar-refractivity contribution in [2.24, 2.45) is 10.9 Å². The molecule has 1 fully saturated rings. The lowest BCUT2D eigenvalue weighted by molar-refractivity contribution is -0.113. The molecule has 0 radical (unpaired) electrons. The van der Waals surface area contributed by atoms with Crippen molar-refractivity contribution in [2.75, 3.05) is 0 Å². The van der Waals surface area contributed by atoms with Crippen LogP contribution in [0.25, 0.3) is 6.08 Å². The first-order chi connectivity index (χ1) is 14.3. The number of carboxylic acids is 1. The highest BCUT2D eigenvalue weighted by Crippen LogP contribution is 2.30. The van der Waals surface area contributed by atoms with E-state index in [1.807, 2.05) is 38.1 Å². The molecule has 1 atom stereocenters. The normalized spacial score (nSPS) is 20.2. The summed E-state index contributed by atoms with van der Waals surface area (Å²) in [6.07, 6.45) is 12.6. The number of Topliss-reactive ketones (excluding diaryl/α,β-unsaturated/α-hetero) is 1. The van der Waals surface area contributed by atoms with Gasteiger partial charge in [0.15, 0.2) is 5.78 Å². The minimum atomic E-state index is -0.894. The molecular weight excluding hydrogens is 374 g/mol. The van der Waals surface area contributed by atoms with E-state index in [4.69, 9.17) is 10.1 Å². The first kappa shape index (κ1) is 23.5. The van der Waals surface area contributed by atoms with Crippen LogP contribution in [0.2, 0.25) is 0 Å². The fourth-order valence-corrected chi connectivity index (χ4v) is 3.84. The molecule has 30 heavy (non-hydrogen) atoms. The van der Waals surface area contributed by atoms with Crippen LogP contribution in [0.15, 0.2) is 58.3 Å². The first-order valence-electron chi connectivity index (χ1n) is 10.7. The standard InChI is InChI=1S/C26H33NO3/c1-5-7-25(19(3)20(4)28)27-18(2)16-21-8-6-9-22(11-10-21)17-23-12-14-24(15-13-23)26(29)30/h5,7,12-15,17,21H,6,8-11,16H2,1-4H3,(H,29,30)/b7-5-,22-17+,25-19-,27-18?. The first-order valence-corrected chi connectivity index (χ1v) is 10.7. The van der Waals surface area contributed by atoms with Crippen LogP contribution >= 0.6 is 0 Å². The van der Waals surface area contributed by atoms with Gasteiger partial charge in [0, 0.05) is 11.3 Å². The lowest BCUT2D eigenvalue weighted by atomic mass is 9.94. The Balaban J connectivity index is 2.03. The van der Waals surface area contributed by atoms with E-state index in [0.29, 0.717) is 17.1 Å². The summed E-state index contributed by atoms with van der Waals surface area (Å²) in [4.78, 5) is 27.5. The summed E-state index contributed by atoms with van der Waals surface area (Å²) in [6.45, 7) is 7.41. The molecule has 1 aliphatic carbocycles. The molecule has 0 spiro atoms. The van der Waals surface area contributed by atoms with Gasteiger partial charge in [0.2, 0.25) is 0 Å². The zero-order chi connectivity index (χ0) is 22.1. The number of carbonyl (C=O) groups excluding carboxylic acids is 1. The van der Waals surface area contributed by atoms with E-state index in [0.717, 1.165) is 49.1 Å². The number of ketones is 1. The van der Waals surface area contributed by atoms with Crippen molar-refractivity contribution in [3.8, 4) is 0 Å². The summed E-state index contributed by atoms with van der Waals surface area (Å²) >= 11 is 0. The zero-order valence-electron chi connectivity index (χ0n) is 18.6. The number of hydrogen-bond donors (Lipinski definition) is 1. The summed E-state index contributed by atoms with van der Waals surface area (Å²) in [6, 6.07) is 7.07. The van der Waals surface area contributed by atoms with Gasteiger partial charge < -0.3 is 5.11 Å². The molecule has 2 rings (SSSR count). The quantitative estimate of drug-likeness (QED) is 0.238. The summed E-state index contributed by atoms with van der Waals surface area (Å²) < 4.78 is 0. The number of carboxylic acid groups (broad SMARTS) is 1. The van der Waals surface area contributed by atoms with Gasteiger partial charge >= 0.3 is 5.97 Å². The summed E-state index contributed by atoms with van der Waals surface area (Å²) in [5.41, 5.74) is 5.35. The molecule has 1 saturated carbocycles. The lowest BCUT2D eigenvalue weighted by Crippen LogP contribution is -2.06. The second-order valence-electron chi connectivity index (χ2n) is 8.14. The van der Waals surface area contributed by atoms with E-state index in [1.165, 1.54) is 12.0 Å². The van der Waals surface area contributed by atoms with Crippen molar-refractivity contribution < 1.29 is 14.7 Å². The van der Waals surface area contributed by atoms with Crippen molar-refractivity contribution in [2.45, 2.75) is 66.2 Å². The highest BCUT2D eigenvalue weighted by molar-refractivity contribution is 5.94. The second kappa shape index (κ2) is 11.4. The number of allylic oxidation sites excluding steroid dienone is 4. The minimum absolute atomic E-state index is 0.0558. The number of aliphatic imine (C=N–C) groups is 1. The highest BCUT2D eigenvalue weighted by Gasteiger charge is 2.16. The predicted octanol–water partition coefficient (Wildman–Crippen LogP) is 6.64. The molecule has 4 nitrogen and oxygen atoms in total. The van der Waals surface area contributed by atoms with Gasteiger partial charge in [-0.2, -0.15) is 0 Å². The van der Waals surface area contributed by atoms with Crippen LogP contribution < -0.4 is 0 Å². The number of rotatable bonds is 7. The molecule has 0 aromatic heterocycles. The third-order valence-electron chi connectivity index (χ3n) is 5.64. The smallest absolute Gasteiger partial charge is 0.335 e. The molecule has 0 saturated heterocycles. The van der Waals surface area contributed by atoms with Gasteiger partial charge in [-0.3, -0.25) is 9.79 Å². The summed E-state index contributed by atoms with van der Waals surface area (Å²) in [5.74, 6) is -0.242. The monoisotopic (exact) mass is 407 g/mol. The number of nitrogens with zero attached hydrogens (tertiary/aromatic N) is 1. The van der Waals surface area contributed by atoms with Crippen molar-refractivity contribution >= 4 is 23.5 Å². The Labute approximate surface area is 180 Å². The molecule has 0 amide bonds. The third kappa shape index (κ3) is 7.25. The van der Waals surface area contributed by atoms with Gasteiger partial charge in [-0.05, 0) is 95.9 Å². The largest absolute Gasteiger partial charge is 0.478 e. The molecule has 1 aliphatic rings. The molecule has 1 aromatic carbocycles. The number of benzene rings is 1. The SMILES string of the molecule is C/C=C\C(N=C(C)CC1CCC/C(=C\c2ccc(C(=O)O)cc2)CC1)=C(/C)C(C)=O. The maximum Gasteiger partial charge on any atom is 0.335 e. The van der Waals surface area contributed by atoms with Crippen LogP contribution in [-0.4, -0.2) is 22.6 Å². The maximum atomic E-state index is 11.7. The van der Waals surface area contributed by atoms with Gasteiger partial charge in [0.25, 0.3) is 0 Å². The Kier molecular flexibility index (Phi) is 8.97. The Morgan fingerprint density at radius 1 is 1.10 bits per heavy atom. The second-order valence-corrected chi connectivity index (χ2v) is 8.14. The third-order valence-corrected chi connectivity index (χ3v) is 5.64. The van der Waals surface area contributed by atoms with E-state index >= 15 is 0 Å². The van der Waals surface area contributed by atoms with Crippen LogP contribution in [-0.2, 0) is 4.79 Å². The molecule has 4 heteroatoms. The Morgan fingerprint density at radius 2 is 1.80 bits per heavy atom. The molecular formula is C26H33NO3. The zero-order valence-corrected chi connectivity index (χ0v) is 18.6. The van der Waals surface area contributed by atoms with E-state index in [9.17, 15) is 9.59 Å². The predicted molar refractivity (Wildman–Crippen MR) is 124 cm³/mol.